The average molecular weight is 449 g/mol. The fourth-order valence-corrected chi connectivity index (χ4v) is 7.37. The van der Waals surface area contributed by atoms with Crippen molar-refractivity contribution in [3.8, 4) is 0 Å². The zero-order chi connectivity index (χ0) is 23.3. The van der Waals surface area contributed by atoms with Crippen LogP contribution in [0.1, 0.15) is 90.4 Å². The van der Waals surface area contributed by atoms with E-state index < -0.39 is 13.9 Å². The standard InChI is InChI=1S/C26H44O4Si/c1-23(2,3)31(7,8)30-18-26(28)14-10-21-24(4,5)12-9-13-25(21,6)22(26)16-20(27)19-11-15-29-17-19/h11,15,17,21-22,28H,9-10,12-14,16,18H2,1-8H3/t21-,22+,25-,26-/m0/s1. The number of rotatable bonds is 6. The number of ketones is 1. The summed E-state index contributed by atoms with van der Waals surface area (Å²) in [7, 11) is -2.01. The van der Waals surface area contributed by atoms with E-state index in [9.17, 15) is 9.90 Å². The quantitative estimate of drug-likeness (QED) is 0.382. The second-order valence-corrected chi connectivity index (χ2v) is 17.6. The monoisotopic (exact) mass is 448 g/mol. The van der Waals surface area contributed by atoms with Gasteiger partial charge in [-0.25, -0.2) is 0 Å². The molecule has 0 spiro atoms. The Hall–Kier alpha value is -0.913. The maximum atomic E-state index is 13.2. The molecule has 1 heterocycles. The zero-order valence-electron chi connectivity index (χ0n) is 21.0. The van der Waals surface area contributed by atoms with Crippen LogP contribution in [0.15, 0.2) is 23.0 Å². The van der Waals surface area contributed by atoms with Gasteiger partial charge in [0.25, 0.3) is 0 Å². The summed E-state index contributed by atoms with van der Waals surface area (Å²) in [5.41, 5.74) is -0.224. The van der Waals surface area contributed by atoms with Crippen LogP contribution >= 0.6 is 0 Å². The Bertz CT molecular complexity index is 776. The highest BCUT2D eigenvalue weighted by Gasteiger charge is 2.60. The molecule has 4 atom stereocenters. The minimum absolute atomic E-state index is 0.0646. The van der Waals surface area contributed by atoms with Crippen molar-refractivity contribution in [3.05, 3.63) is 24.2 Å². The molecule has 2 aliphatic carbocycles. The Morgan fingerprint density at radius 1 is 1.23 bits per heavy atom. The van der Waals surface area contributed by atoms with Crippen molar-refractivity contribution in [1.29, 1.82) is 0 Å². The predicted molar refractivity (Wildman–Crippen MR) is 128 cm³/mol. The van der Waals surface area contributed by atoms with Crippen LogP contribution < -0.4 is 0 Å². The lowest BCUT2D eigenvalue weighted by atomic mass is 9.45. The van der Waals surface area contributed by atoms with Gasteiger partial charge in [0.05, 0.1) is 24.0 Å². The van der Waals surface area contributed by atoms with Gasteiger partial charge < -0.3 is 13.9 Å². The summed E-state index contributed by atoms with van der Waals surface area (Å²) in [4.78, 5) is 13.2. The molecule has 0 saturated heterocycles. The first kappa shape index (κ1) is 24.7. The predicted octanol–water partition coefficient (Wildman–Crippen LogP) is 6.85. The van der Waals surface area contributed by atoms with Crippen molar-refractivity contribution in [2.75, 3.05) is 6.61 Å². The van der Waals surface area contributed by atoms with E-state index in [0.717, 1.165) is 19.3 Å². The van der Waals surface area contributed by atoms with Gasteiger partial charge in [-0.15, -0.1) is 0 Å². The molecule has 1 N–H and O–H groups in total. The van der Waals surface area contributed by atoms with Crippen LogP contribution in [0.25, 0.3) is 0 Å². The lowest BCUT2D eigenvalue weighted by Gasteiger charge is -2.62. The molecule has 2 fully saturated rings. The van der Waals surface area contributed by atoms with Gasteiger partial charge >= 0.3 is 0 Å². The van der Waals surface area contributed by atoms with Gasteiger partial charge in [0, 0.05) is 12.3 Å². The van der Waals surface area contributed by atoms with E-state index in [1.165, 1.54) is 12.7 Å². The van der Waals surface area contributed by atoms with Crippen LogP contribution in [0, 0.1) is 22.7 Å². The SMILES string of the molecule is CC1(C)CCC[C@@]2(C)[C@H]1CC[C@](O)(CO[Si](C)(C)C(C)(C)C)[C@@H]2CC(=O)c1ccoc1. The Labute approximate surface area is 190 Å². The molecule has 2 saturated carbocycles. The van der Waals surface area contributed by atoms with Crippen molar-refractivity contribution in [2.45, 2.75) is 104 Å². The third-order valence-electron chi connectivity index (χ3n) is 9.31. The van der Waals surface area contributed by atoms with E-state index in [0.29, 0.717) is 30.9 Å². The summed E-state index contributed by atoms with van der Waals surface area (Å²) in [6.07, 6.45) is 8.55. The van der Waals surface area contributed by atoms with Gasteiger partial charge in [-0.05, 0) is 66.6 Å². The maximum absolute atomic E-state index is 13.2. The number of aliphatic hydroxyl groups is 1. The lowest BCUT2D eigenvalue weighted by molar-refractivity contribution is -0.185. The Morgan fingerprint density at radius 3 is 2.48 bits per heavy atom. The molecule has 0 radical (unpaired) electrons. The van der Waals surface area contributed by atoms with Crippen LogP contribution in [-0.2, 0) is 4.43 Å². The van der Waals surface area contributed by atoms with E-state index in [4.69, 9.17) is 8.84 Å². The van der Waals surface area contributed by atoms with Crippen LogP contribution in [0.4, 0.5) is 0 Å². The van der Waals surface area contributed by atoms with Crippen molar-refractivity contribution < 1.29 is 18.7 Å². The summed E-state index contributed by atoms with van der Waals surface area (Å²) >= 11 is 0. The highest BCUT2D eigenvalue weighted by Crippen LogP contribution is 2.63. The van der Waals surface area contributed by atoms with E-state index in [1.807, 2.05) is 0 Å². The van der Waals surface area contributed by atoms with Crippen molar-refractivity contribution >= 4 is 14.1 Å². The van der Waals surface area contributed by atoms with Gasteiger partial charge in [-0.1, -0.05) is 48.0 Å². The number of carbonyl (C=O) groups is 1. The number of Topliss-reactive ketones (excluding diaryl/α,β-unsaturated/α-hetero) is 1. The smallest absolute Gasteiger partial charge is 0.192 e. The maximum Gasteiger partial charge on any atom is 0.192 e. The normalized spacial score (nSPS) is 33.7. The first-order valence-electron chi connectivity index (χ1n) is 12.0. The van der Waals surface area contributed by atoms with Crippen LogP contribution in [0.3, 0.4) is 0 Å². The van der Waals surface area contributed by atoms with Gasteiger partial charge in [0.1, 0.15) is 6.26 Å². The van der Waals surface area contributed by atoms with E-state index in [1.54, 1.807) is 12.3 Å². The molecule has 31 heavy (non-hydrogen) atoms. The number of fused-ring (bicyclic) bond motifs is 1. The number of hydrogen-bond acceptors (Lipinski definition) is 4. The molecular weight excluding hydrogens is 404 g/mol. The summed E-state index contributed by atoms with van der Waals surface area (Å²) in [5, 5.41) is 12.2. The van der Waals surface area contributed by atoms with E-state index in [2.05, 4.69) is 54.6 Å². The highest BCUT2D eigenvalue weighted by atomic mass is 28.4. The Morgan fingerprint density at radius 2 is 1.90 bits per heavy atom. The molecule has 4 nitrogen and oxygen atoms in total. The lowest BCUT2D eigenvalue weighted by Crippen LogP contribution is -2.61. The Kier molecular flexibility index (Phi) is 6.49. The van der Waals surface area contributed by atoms with E-state index in [-0.39, 0.29) is 27.6 Å². The molecular formula is C26H44O4Si. The van der Waals surface area contributed by atoms with Gasteiger partial charge in [0.2, 0.25) is 0 Å². The molecule has 5 heteroatoms. The van der Waals surface area contributed by atoms with Crippen LogP contribution in [-0.4, -0.2) is 31.4 Å². The molecule has 1 aromatic heterocycles. The molecule has 0 aromatic carbocycles. The van der Waals surface area contributed by atoms with Crippen molar-refractivity contribution in [2.24, 2.45) is 22.7 Å². The highest BCUT2D eigenvalue weighted by molar-refractivity contribution is 6.74. The van der Waals surface area contributed by atoms with Crippen LogP contribution in [0.2, 0.25) is 18.1 Å². The summed E-state index contributed by atoms with van der Waals surface area (Å²) < 4.78 is 11.7. The molecule has 0 unspecified atom stereocenters. The minimum atomic E-state index is -2.01. The number of furan rings is 1. The molecule has 0 bridgehead atoms. The fraction of sp³-hybridized carbons (Fsp3) is 0.808. The van der Waals surface area contributed by atoms with Gasteiger partial charge in [0.15, 0.2) is 14.1 Å². The topological polar surface area (TPSA) is 59.7 Å². The fourth-order valence-electron chi connectivity index (χ4n) is 6.33. The molecule has 0 amide bonds. The summed E-state index contributed by atoms with van der Waals surface area (Å²) in [6.45, 7) is 18.6. The molecule has 176 valence electrons. The third-order valence-corrected chi connectivity index (χ3v) is 13.8. The number of carbonyl (C=O) groups excluding carboxylic acids is 1. The summed E-state index contributed by atoms with van der Waals surface area (Å²) in [6, 6.07) is 1.74. The second kappa shape index (κ2) is 8.14. The van der Waals surface area contributed by atoms with Gasteiger partial charge in [-0.3, -0.25) is 4.79 Å². The minimum Gasteiger partial charge on any atom is -0.472 e. The van der Waals surface area contributed by atoms with Crippen molar-refractivity contribution in [1.82, 2.24) is 0 Å². The van der Waals surface area contributed by atoms with Gasteiger partial charge in [-0.2, -0.15) is 0 Å². The molecule has 2 aliphatic rings. The average Bonchev–Trinajstić information content (AvgIpc) is 3.16. The molecule has 3 rings (SSSR count). The van der Waals surface area contributed by atoms with Crippen LogP contribution in [0.5, 0.6) is 0 Å². The van der Waals surface area contributed by atoms with Crippen molar-refractivity contribution in [3.63, 3.8) is 0 Å². The summed E-state index contributed by atoms with van der Waals surface area (Å²) in [5.74, 6) is 0.448. The zero-order valence-corrected chi connectivity index (χ0v) is 22.0. The molecule has 1 aromatic rings. The first-order chi connectivity index (χ1) is 14.1. The third kappa shape index (κ3) is 4.60. The second-order valence-electron chi connectivity index (χ2n) is 12.8. The largest absolute Gasteiger partial charge is 0.472 e. The first-order valence-corrected chi connectivity index (χ1v) is 14.9. The Balaban J connectivity index is 1.94. The number of hydrogen-bond donors (Lipinski definition) is 1. The van der Waals surface area contributed by atoms with E-state index >= 15 is 0 Å². The molecule has 0 aliphatic heterocycles.